The highest BCUT2D eigenvalue weighted by atomic mass is 79.9. The second-order valence-electron chi connectivity index (χ2n) is 6.04. The Morgan fingerprint density at radius 3 is 2.50 bits per heavy atom. The molecule has 0 radical (unpaired) electrons. The molecule has 0 aliphatic rings. The topological polar surface area (TPSA) is 21.7 Å². The SMILES string of the molecule is CCOc1cc(CCCN(C)C)ccc1OCc1cccc(Br)c1. The molecule has 24 heavy (non-hydrogen) atoms. The molecule has 0 spiro atoms. The Balaban J connectivity index is 2.02. The van der Waals surface area contributed by atoms with Crippen LogP contribution in [0.25, 0.3) is 0 Å². The van der Waals surface area contributed by atoms with E-state index in [2.05, 4.69) is 59.2 Å². The van der Waals surface area contributed by atoms with Crippen LogP contribution in [0.3, 0.4) is 0 Å². The monoisotopic (exact) mass is 391 g/mol. The first-order valence-electron chi connectivity index (χ1n) is 8.36. The molecule has 0 saturated carbocycles. The van der Waals surface area contributed by atoms with Crippen LogP contribution in [0.1, 0.15) is 24.5 Å². The number of hydrogen-bond acceptors (Lipinski definition) is 3. The fourth-order valence-electron chi connectivity index (χ4n) is 2.48. The standard InChI is InChI=1S/C20H26BrNO2/c1-4-23-20-14-16(8-6-12-22(2)3)10-11-19(20)24-15-17-7-5-9-18(21)13-17/h5,7,9-11,13-14H,4,6,8,12,15H2,1-3H3. The van der Waals surface area contributed by atoms with E-state index in [0.29, 0.717) is 13.2 Å². The average molecular weight is 392 g/mol. The van der Waals surface area contributed by atoms with E-state index >= 15 is 0 Å². The Kier molecular flexibility index (Phi) is 7.60. The predicted octanol–water partition coefficient (Wildman–Crippen LogP) is 4.92. The van der Waals surface area contributed by atoms with E-state index in [4.69, 9.17) is 9.47 Å². The van der Waals surface area contributed by atoms with Crippen molar-refractivity contribution in [2.24, 2.45) is 0 Å². The van der Waals surface area contributed by atoms with Crippen LogP contribution in [0.4, 0.5) is 0 Å². The summed E-state index contributed by atoms with van der Waals surface area (Å²) >= 11 is 3.49. The molecule has 0 bridgehead atoms. The van der Waals surface area contributed by atoms with E-state index in [1.54, 1.807) is 0 Å². The first-order chi connectivity index (χ1) is 11.6. The zero-order chi connectivity index (χ0) is 17.4. The summed E-state index contributed by atoms with van der Waals surface area (Å²) in [5.74, 6) is 1.63. The molecule has 0 saturated heterocycles. The van der Waals surface area contributed by atoms with Crippen LogP contribution in [0.2, 0.25) is 0 Å². The minimum atomic E-state index is 0.527. The van der Waals surface area contributed by atoms with Crippen LogP contribution < -0.4 is 9.47 Å². The lowest BCUT2D eigenvalue weighted by Gasteiger charge is -2.14. The van der Waals surface area contributed by atoms with Crippen molar-refractivity contribution >= 4 is 15.9 Å². The summed E-state index contributed by atoms with van der Waals surface area (Å²) in [5.41, 5.74) is 2.41. The molecule has 2 rings (SSSR count). The van der Waals surface area contributed by atoms with Gasteiger partial charge >= 0.3 is 0 Å². The minimum Gasteiger partial charge on any atom is -0.490 e. The average Bonchev–Trinajstić information content (AvgIpc) is 2.54. The zero-order valence-electron chi connectivity index (χ0n) is 14.7. The van der Waals surface area contributed by atoms with Crippen molar-refractivity contribution in [1.29, 1.82) is 0 Å². The summed E-state index contributed by atoms with van der Waals surface area (Å²) < 4.78 is 12.8. The third-order valence-electron chi connectivity index (χ3n) is 3.66. The van der Waals surface area contributed by atoms with Gasteiger partial charge in [-0.05, 0) is 75.8 Å². The second-order valence-corrected chi connectivity index (χ2v) is 6.96. The fourth-order valence-corrected chi connectivity index (χ4v) is 2.93. The van der Waals surface area contributed by atoms with Crippen molar-refractivity contribution in [3.8, 4) is 11.5 Å². The normalized spacial score (nSPS) is 10.9. The maximum atomic E-state index is 5.97. The molecule has 0 atom stereocenters. The van der Waals surface area contributed by atoms with E-state index in [-0.39, 0.29) is 0 Å². The molecule has 0 fully saturated rings. The number of aryl methyl sites for hydroxylation is 1. The quantitative estimate of drug-likeness (QED) is 0.605. The van der Waals surface area contributed by atoms with Gasteiger partial charge in [0.25, 0.3) is 0 Å². The van der Waals surface area contributed by atoms with Gasteiger partial charge < -0.3 is 14.4 Å². The summed E-state index contributed by atoms with van der Waals surface area (Å²) in [4.78, 5) is 2.21. The van der Waals surface area contributed by atoms with Gasteiger partial charge in [0.15, 0.2) is 11.5 Å². The second kappa shape index (κ2) is 9.70. The number of benzene rings is 2. The number of halogens is 1. The summed E-state index contributed by atoms with van der Waals surface area (Å²) in [6, 6.07) is 14.4. The van der Waals surface area contributed by atoms with Crippen LogP contribution in [0, 0.1) is 0 Å². The number of ether oxygens (including phenoxy) is 2. The first kappa shape index (κ1) is 18.8. The van der Waals surface area contributed by atoms with E-state index < -0.39 is 0 Å². The van der Waals surface area contributed by atoms with Crippen molar-refractivity contribution in [2.75, 3.05) is 27.2 Å². The minimum absolute atomic E-state index is 0.527. The van der Waals surface area contributed by atoms with Gasteiger partial charge in [-0.25, -0.2) is 0 Å². The smallest absolute Gasteiger partial charge is 0.161 e. The van der Waals surface area contributed by atoms with Gasteiger partial charge in [-0.3, -0.25) is 0 Å². The van der Waals surface area contributed by atoms with Crippen LogP contribution in [0.5, 0.6) is 11.5 Å². The number of hydrogen-bond donors (Lipinski definition) is 0. The Labute approximate surface area is 153 Å². The fraction of sp³-hybridized carbons (Fsp3) is 0.400. The highest BCUT2D eigenvalue weighted by molar-refractivity contribution is 9.10. The van der Waals surface area contributed by atoms with Gasteiger partial charge in [-0.2, -0.15) is 0 Å². The maximum absolute atomic E-state index is 5.97. The molecule has 0 aliphatic heterocycles. The summed E-state index contributed by atoms with van der Waals surface area (Å²) in [5, 5.41) is 0. The molecule has 0 amide bonds. The highest BCUT2D eigenvalue weighted by Gasteiger charge is 2.07. The Morgan fingerprint density at radius 1 is 0.958 bits per heavy atom. The maximum Gasteiger partial charge on any atom is 0.161 e. The molecular weight excluding hydrogens is 366 g/mol. The van der Waals surface area contributed by atoms with E-state index in [1.807, 2.05) is 25.1 Å². The third-order valence-corrected chi connectivity index (χ3v) is 4.16. The van der Waals surface area contributed by atoms with Gasteiger partial charge in [0.2, 0.25) is 0 Å². The molecule has 3 nitrogen and oxygen atoms in total. The molecule has 130 valence electrons. The summed E-state index contributed by atoms with van der Waals surface area (Å²) in [6.07, 6.45) is 2.18. The lowest BCUT2D eigenvalue weighted by molar-refractivity contribution is 0.269. The third kappa shape index (κ3) is 6.17. The molecule has 4 heteroatoms. The highest BCUT2D eigenvalue weighted by Crippen LogP contribution is 2.30. The molecular formula is C20H26BrNO2. The van der Waals surface area contributed by atoms with Crippen molar-refractivity contribution in [2.45, 2.75) is 26.4 Å². The van der Waals surface area contributed by atoms with Crippen molar-refractivity contribution in [1.82, 2.24) is 4.90 Å². The van der Waals surface area contributed by atoms with Gasteiger partial charge in [-0.15, -0.1) is 0 Å². The molecule has 2 aromatic rings. The van der Waals surface area contributed by atoms with E-state index in [0.717, 1.165) is 40.9 Å². The first-order valence-corrected chi connectivity index (χ1v) is 9.15. The van der Waals surface area contributed by atoms with Crippen molar-refractivity contribution < 1.29 is 9.47 Å². The van der Waals surface area contributed by atoms with Gasteiger partial charge in [0, 0.05) is 4.47 Å². The summed E-state index contributed by atoms with van der Waals surface area (Å²) in [7, 11) is 4.20. The van der Waals surface area contributed by atoms with Crippen LogP contribution in [-0.4, -0.2) is 32.1 Å². The predicted molar refractivity (Wildman–Crippen MR) is 103 cm³/mol. The Bertz CT molecular complexity index is 643. The summed E-state index contributed by atoms with van der Waals surface area (Å²) in [6.45, 7) is 4.25. The van der Waals surface area contributed by atoms with Crippen molar-refractivity contribution in [3.05, 3.63) is 58.1 Å². The molecule has 2 aromatic carbocycles. The number of rotatable bonds is 9. The van der Waals surface area contributed by atoms with Gasteiger partial charge in [0.05, 0.1) is 6.61 Å². The molecule has 0 heterocycles. The van der Waals surface area contributed by atoms with Crippen molar-refractivity contribution in [3.63, 3.8) is 0 Å². The largest absolute Gasteiger partial charge is 0.490 e. The molecule has 0 N–H and O–H groups in total. The molecule has 0 aliphatic carbocycles. The zero-order valence-corrected chi connectivity index (χ0v) is 16.3. The molecule has 0 unspecified atom stereocenters. The lowest BCUT2D eigenvalue weighted by Crippen LogP contribution is -2.13. The van der Waals surface area contributed by atoms with Crippen LogP contribution in [0.15, 0.2) is 46.9 Å². The molecule has 0 aromatic heterocycles. The Morgan fingerprint density at radius 2 is 1.79 bits per heavy atom. The van der Waals surface area contributed by atoms with Crippen LogP contribution >= 0.6 is 15.9 Å². The number of nitrogens with zero attached hydrogens (tertiary/aromatic N) is 1. The van der Waals surface area contributed by atoms with Gasteiger partial charge in [0.1, 0.15) is 6.61 Å². The van der Waals surface area contributed by atoms with E-state index in [1.165, 1.54) is 5.56 Å². The van der Waals surface area contributed by atoms with Gasteiger partial charge in [-0.1, -0.05) is 34.1 Å². The van der Waals surface area contributed by atoms with Crippen LogP contribution in [-0.2, 0) is 13.0 Å². The lowest BCUT2D eigenvalue weighted by atomic mass is 10.1. The Hall–Kier alpha value is -1.52. The van der Waals surface area contributed by atoms with E-state index in [9.17, 15) is 0 Å².